The highest BCUT2D eigenvalue weighted by atomic mass is 16.5. The normalized spacial score (nSPS) is 17.5. The summed E-state index contributed by atoms with van der Waals surface area (Å²) in [5.41, 5.74) is 0.752. The van der Waals surface area contributed by atoms with E-state index in [1.54, 1.807) is 0 Å². The van der Waals surface area contributed by atoms with Crippen molar-refractivity contribution in [2.75, 3.05) is 25.0 Å². The molecule has 6 nitrogen and oxygen atoms in total. The number of nitrogens with zero attached hydrogens (tertiary/aromatic N) is 1. The number of likely N-dealkylation sites (tertiary alicyclic amines) is 1. The van der Waals surface area contributed by atoms with Crippen molar-refractivity contribution in [2.24, 2.45) is 5.92 Å². The maximum Gasteiger partial charge on any atom is 0.238 e. The van der Waals surface area contributed by atoms with E-state index in [0.717, 1.165) is 56.0 Å². The third-order valence-electron chi connectivity index (χ3n) is 5.37. The van der Waals surface area contributed by atoms with Crippen molar-refractivity contribution < 1.29 is 14.3 Å². The summed E-state index contributed by atoms with van der Waals surface area (Å²) in [7, 11) is 0. The largest absolute Gasteiger partial charge is 0.457 e. The number of amides is 2. The van der Waals surface area contributed by atoms with Crippen molar-refractivity contribution in [1.29, 1.82) is 0 Å². The lowest BCUT2D eigenvalue weighted by Crippen LogP contribution is -2.46. The Morgan fingerprint density at radius 1 is 0.897 bits per heavy atom. The zero-order chi connectivity index (χ0) is 20.1. The van der Waals surface area contributed by atoms with Gasteiger partial charge in [0.05, 0.1) is 6.54 Å². The van der Waals surface area contributed by atoms with Crippen molar-refractivity contribution >= 4 is 17.5 Å². The van der Waals surface area contributed by atoms with Crippen LogP contribution in [0.2, 0.25) is 0 Å². The second-order valence-corrected chi connectivity index (χ2v) is 7.82. The monoisotopic (exact) mass is 393 g/mol. The lowest BCUT2D eigenvalue weighted by atomic mass is 10.0. The fraction of sp³-hybridized carbons (Fsp3) is 0.391. The fourth-order valence-electron chi connectivity index (χ4n) is 3.53. The van der Waals surface area contributed by atoms with Crippen LogP contribution in [-0.2, 0) is 9.59 Å². The molecule has 1 aliphatic heterocycles. The van der Waals surface area contributed by atoms with Crippen LogP contribution in [0.15, 0.2) is 54.6 Å². The number of anilines is 1. The number of rotatable bonds is 7. The summed E-state index contributed by atoms with van der Waals surface area (Å²) in [6, 6.07) is 17.2. The van der Waals surface area contributed by atoms with E-state index >= 15 is 0 Å². The zero-order valence-electron chi connectivity index (χ0n) is 16.5. The number of hydrogen-bond acceptors (Lipinski definition) is 4. The Hall–Kier alpha value is -2.86. The van der Waals surface area contributed by atoms with Gasteiger partial charge in [0.2, 0.25) is 11.8 Å². The highest BCUT2D eigenvalue weighted by Crippen LogP contribution is 2.29. The predicted octanol–water partition coefficient (Wildman–Crippen LogP) is 3.41. The SMILES string of the molecule is O=C(CN1CCC(NC(=O)C2CC2)CC1)Nc1ccc(Oc2ccccc2)cc1. The summed E-state index contributed by atoms with van der Waals surface area (Å²) in [6.07, 6.45) is 3.86. The second-order valence-electron chi connectivity index (χ2n) is 7.82. The molecule has 2 N–H and O–H groups in total. The van der Waals surface area contributed by atoms with Crippen LogP contribution in [0.4, 0.5) is 5.69 Å². The van der Waals surface area contributed by atoms with Crippen molar-refractivity contribution in [3.8, 4) is 11.5 Å². The molecule has 4 rings (SSSR count). The van der Waals surface area contributed by atoms with E-state index in [0.29, 0.717) is 6.54 Å². The van der Waals surface area contributed by atoms with Crippen molar-refractivity contribution in [3.05, 3.63) is 54.6 Å². The van der Waals surface area contributed by atoms with E-state index in [1.165, 1.54) is 0 Å². The number of nitrogens with one attached hydrogen (secondary N) is 2. The van der Waals surface area contributed by atoms with Gasteiger partial charge in [-0.1, -0.05) is 18.2 Å². The van der Waals surface area contributed by atoms with Crippen molar-refractivity contribution in [3.63, 3.8) is 0 Å². The third kappa shape index (κ3) is 5.81. The van der Waals surface area contributed by atoms with Crippen LogP contribution in [0.3, 0.4) is 0 Å². The summed E-state index contributed by atoms with van der Waals surface area (Å²) >= 11 is 0. The summed E-state index contributed by atoms with van der Waals surface area (Å²) in [5, 5.41) is 6.08. The Balaban J connectivity index is 1.19. The lowest BCUT2D eigenvalue weighted by molar-refractivity contribution is -0.123. The molecule has 1 saturated carbocycles. The van der Waals surface area contributed by atoms with Gasteiger partial charge in [-0.3, -0.25) is 14.5 Å². The van der Waals surface area contributed by atoms with Crippen molar-refractivity contribution in [2.45, 2.75) is 31.7 Å². The standard InChI is InChI=1S/C23H27N3O3/c27-22(16-26-14-12-19(13-15-26)25-23(28)17-6-7-17)24-18-8-10-21(11-9-18)29-20-4-2-1-3-5-20/h1-5,8-11,17,19H,6-7,12-16H2,(H,24,27)(H,25,28). The van der Waals surface area contributed by atoms with Gasteiger partial charge in [0, 0.05) is 30.7 Å². The molecule has 0 spiro atoms. The molecule has 2 aromatic carbocycles. The molecule has 0 radical (unpaired) electrons. The van der Waals surface area contributed by atoms with Gasteiger partial charge in [-0.2, -0.15) is 0 Å². The number of ether oxygens (including phenoxy) is 1. The molecule has 29 heavy (non-hydrogen) atoms. The van der Waals surface area contributed by atoms with Gasteiger partial charge in [-0.15, -0.1) is 0 Å². The molecule has 6 heteroatoms. The van der Waals surface area contributed by atoms with Crippen LogP contribution >= 0.6 is 0 Å². The minimum absolute atomic E-state index is 0.0257. The number of carbonyl (C=O) groups is 2. The zero-order valence-corrected chi connectivity index (χ0v) is 16.5. The minimum atomic E-state index is -0.0257. The van der Waals surface area contributed by atoms with E-state index in [-0.39, 0.29) is 23.8 Å². The Bertz CT molecular complexity index is 826. The topological polar surface area (TPSA) is 70.7 Å². The molecular formula is C23H27N3O3. The maximum atomic E-state index is 12.4. The second kappa shape index (κ2) is 9.09. The molecule has 1 aliphatic carbocycles. The van der Waals surface area contributed by atoms with Gasteiger partial charge in [-0.05, 0) is 62.1 Å². The molecular weight excluding hydrogens is 366 g/mol. The van der Waals surface area contributed by atoms with Gasteiger partial charge >= 0.3 is 0 Å². The fourth-order valence-corrected chi connectivity index (χ4v) is 3.53. The molecule has 0 aromatic heterocycles. The quantitative estimate of drug-likeness (QED) is 0.756. The van der Waals surface area contributed by atoms with Crippen LogP contribution in [-0.4, -0.2) is 42.4 Å². The molecule has 0 bridgehead atoms. The highest BCUT2D eigenvalue weighted by Gasteiger charge is 2.31. The van der Waals surface area contributed by atoms with Gasteiger partial charge in [0.15, 0.2) is 0 Å². The highest BCUT2D eigenvalue weighted by molar-refractivity contribution is 5.92. The van der Waals surface area contributed by atoms with Gasteiger partial charge in [0.1, 0.15) is 11.5 Å². The summed E-state index contributed by atoms with van der Waals surface area (Å²) < 4.78 is 5.77. The first kappa shape index (κ1) is 19.5. The minimum Gasteiger partial charge on any atom is -0.457 e. The van der Waals surface area contributed by atoms with E-state index in [2.05, 4.69) is 15.5 Å². The first-order valence-electron chi connectivity index (χ1n) is 10.3. The van der Waals surface area contributed by atoms with E-state index < -0.39 is 0 Å². The van der Waals surface area contributed by atoms with Crippen LogP contribution in [0, 0.1) is 5.92 Å². The number of benzene rings is 2. The molecule has 152 valence electrons. The number of carbonyl (C=O) groups excluding carboxylic acids is 2. The number of piperidine rings is 1. The molecule has 2 amide bonds. The Kier molecular flexibility index (Phi) is 6.10. The summed E-state index contributed by atoms with van der Waals surface area (Å²) in [6.45, 7) is 2.02. The van der Waals surface area contributed by atoms with E-state index in [9.17, 15) is 9.59 Å². The van der Waals surface area contributed by atoms with E-state index in [4.69, 9.17) is 4.74 Å². The first-order chi connectivity index (χ1) is 14.2. The predicted molar refractivity (Wildman–Crippen MR) is 112 cm³/mol. The van der Waals surface area contributed by atoms with Gasteiger partial charge in [0.25, 0.3) is 0 Å². The van der Waals surface area contributed by atoms with Crippen LogP contribution < -0.4 is 15.4 Å². The maximum absolute atomic E-state index is 12.4. The van der Waals surface area contributed by atoms with Gasteiger partial charge in [-0.25, -0.2) is 0 Å². The molecule has 1 saturated heterocycles. The van der Waals surface area contributed by atoms with Crippen LogP contribution in [0.25, 0.3) is 0 Å². The number of para-hydroxylation sites is 1. The Morgan fingerprint density at radius 2 is 1.55 bits per heavy atom. The molecule has 1 heterocycles. The Labute approximate surface area is 171 Å². The summed E-state index contributed by atoms with van der Waals surface area (Å²) in [4.78, 5) is 26.4. The van der Waals surface area contributed by atoms with Crippen LogP contribution in [0.1, 0.15) is 25.7 Å². The van der Waals surface area contributed by atoms with E-state index in [1.807, 2.05) is 54.6 Å². The number of hydrogen-bond donors (Lipinski definition) is 2. The third-order valence-corrected chi connectivity index (χ3v) is 5.37. The molecule has 0 unspecified atom stereocenters. The van der Waals surface area contributed by atoms with Crippen molar-refractivity contribution in [1.82, 2.24) is 10.2 Å². The van der Waals surface area contributed by atoms with Crippen LogP contribution in [0.5, 0.6) is 11.5 Å². The first-order valence-corrected chi connectivity index (χ1v) is 10.3. The summed E-state index contributed by atoms with van der Waals surface area (Å²) in [5.74, 6) is 1.94. The Morgan fingerprint density at radius 3 is 2.21 bits per heavy atom. The molecule has 2 aromatic rings. The lowest BCUT2D eigenvalue weighted by Gasteiger charge is -2.31. The molecule has 2 fully saturated rings. The average molecular weight is 393 g/mol. The average Bonchev–Trinajstić information content (AvgIpc) is 3.57. The van der Waals surface area contributed by atoms with Gasteiger partial charge < -0.3 is 15.4 Å². The smallest absolute Gasteiger partial charge is 0.238 e. The molecule has 0 atom stereocenters. The molecule has 2 aliphatic rings.